The zero-order valence-corrected chi connectivity index (χ0v) is 14.6. The molecule has 3 aromatic carbocycles. The van der Waals surface area contributed by atoms with Gasteiger partial charge in [-0.2, -0.15) is 4.40 Å². The van der Waals surface area contributed by atoms with Crippen LogP contribution in [0.1, 0.15) is 5.56 Å². The molecule has 0 radical (unpaired) electrons. The largest absolute Gasteiger partial charge is 0.496 e. The summed E-state index contributed by atoms with van der Waals surface area (Å²) in [6.45, 7) is 2.15. The molecule has 122 valence electrons. The second-order valence-electron chi connectivity index (χ2n) is 6.54. The SMILES string of the molecule is COc1ccc2c3ccccc3n3c4ccccc4[n+](C)c3c2c1C. The first-order valence-corrected chi connectivity index (χ1v) is 8.49. The molecule has 0 fully saturated rings. The molecule has 2 aromatic heterocycles. The summed E-state index contributed by atoms with van der Waals surface area (Å²) in [5, 5.41) is 3.77. The van der Waals surface area contributed by atoms with Crippen LogP contribution in [0.25, 0.3) is 38.4 Å². The van der Waals surface area contributed by atoms with E-state index in [1.807, 2.05) is 0 Å². The molecule has 0 N–H and O–H groups in total. The van der Waals surface area contributed by atoms with Crippen LogP contribution in [0.15, 0.2) is 60.7 Å². The standard InChI is InChI=1S/C22H19N2O/c1-14-20(25-3)13-12-16-15-8-4-5-9-17(15)24-19-11-7-6-10-18(19)23(2)22(24)21(14)16/h4-13H,1-3H3/q+1. The number of para-hydroxylation sites is 3. The van der Waals surface area contributed by atoms with Crippen LogP contribution in [0, 0.1) is 6.92 Å². The van der Waals surface area contributed by atoms with E-state index < -0.39 is 0 Å². The van der Waals surface area contributed by atoms with E-state index >= 15 is 0 Å². The molecule has 0 aliphatic heterocycles. The van der Waals surface area contributed by atoms with Crippen molar-refractivity contribution in [1.82, 2.24) is 4.40 Å². The van der Waals surface area contributed by atoms with Gasteiger partial charge in [0.05, 0.1) is 19.5 Å². The lowest BCUT2D eigenvalue weighted by atomic mass is 10.0. The second kappa shape index (κ2) is 4.96. The first-order chi connectivity index (χ1) is 12.2. The minimum absolute atomic E-state index is 0.926. The maximum absolute atomic E-state index is 5.61. The first-order valence-electron chi connectivity index (χ1n) is 8.49. The molecule has 3 heteroatoms. The van der Waals surface area contributed by atoms with Crippen LogP contribution in [0.3, 0.4) is 0 Å². The third-order valence-electron chi connectivity index (χ3n) is 5.31. The number of nitrogens with zero attached hydrogens (tertiary/aromatic N) is 2. The van der Waals surface area contributed by atoms with Gasteiger partial charge >= 0.3 is 0 Å². The number of aromatic nitrogens is 2. The van der Waals surface area contributed by atoms with Crippen molar-refractivity contribution < 1.29 is 9.30 Å². The first kappa shape index (κ1) is 14.3. The number of fused-ring (bicyclic) bond motifs is 8. The molecule has 0 saturated carbocycles. The number of imidazole rings is 1. The predicted molar refractivity (Wildman–Crippen MR) is 102 cm³/mol. The third-order valence-corrected chi connectivity index (χ3v) is 5.31. The molecule has 0 aliphatic carbocycles. The van der Waals surface area contributed by atoms with Crippen LogP contribution in [0.4, 0.5) is 0 Å². The van der Waals surface area contributed by atoms with Crippen molar-refractivity contribution >= 4 is 38.4 Å². The number of aryl methyl sites for hydroxylation is 2. The fourth-order valence-electron chi connectivity index (χ4n) is 4.16. The molecule has 5 rings (SSSR count). The highest BCUT2D eigenvalue weighted by atomic mass is 16.5. The van der Waals surface area contributed by atoms with Gasteiger partial charge in [0.15, 0.2) is 11.0 Å². The Hall–Kier alpha value is -3.07. The van der Waals surface area contributed by atoms with Gasteiger partial charge in [0.2, 0.25) is 0 Å². The van der Waals surface area contributed by atoms with Gasteiger partial charge in [0.1, 0.15) is 11.3 Å². The molecule has 5 aromatic rings. The van der Waals surface area contributed by atoms with E-state index in [0.29, 0.717) is 0 Å². The molecule has 0 spiro atoms. The maximum Gasteiger partial charge on any atom is 0.295 e. The molecule has 3 nitrogen and oxygen atoms in total. The van der Waals surface area contributed by atoms with Gasteiger partial charge in [0, 0.05) is 16.3 Å². The minimum atomic E-state index is 0.926. The Morgan fingerprint density at radius 1 is 0.840 bits per heavy atom. The van der Waals surface area contributed by atoms with Gasteiger partial charge in [0.25, 0.3) is 5.65 Å². The highest BCUT2D eigenvalue weighted by molar-refractivity contribution is 6.14. The molecule has 0 unspecified atom stereocenters. The molecule has 0 amide bonds. The van der Waals surface area contributed by atoms with Gasteiger partial charge in [-0.3, -0.25) is 0 Å². The number of hydrogen-bond donors (Lipinski definition) is 0. The van der Waals surface area contributed by atoms with E-state index in [-0.39, 0.29) is 0 Å². The lowest BCUT2D eigenvalue weighted by Gasteiger charge is -2.10. The van der Waals surface area contributed by atoms with Crippen LogP contribution < -0.4 is 9.30 Å². The van der Waals surface area contributed by atoms with Crippen molar-refractivity contribution in [3.63, 3.8) is 0 Å². The van der Waals surface area contributed by atoms with E-state index in [9.17, 15) is 0 Å². The minimum Gasteiger partial charge on any atom is -0.496 e. The molecule has 0 atom stereocenters. The quantitative estimate of drug-likeness (QED) is 0.326. The van der Waals surface area contributed by atoms with Crippen molar-refractivity contribution in [2.45, 2.75) is 6.92 Å². The zero-order chi connectivity index (χ0) is 17.1. The summed E-state index contributed by atoms with van der Waals surface area (Å²) < 4.78 is 10.3. The Labute approximate surface area is 145 Å². The van der Waals surface area contributed by atoms with Crippen molar-refractivity contribution in [2.75, 3.05) is 7.11 Å². The topological polar surface area (TPSA) is 17.5 Å². The van der Waals surface area contributed by atoms with Gasteiger partial charge in [-0.05, 0) is 37.3 Å². The monoisotopic (exact) mass is 327 g/mol. The lowest BCUT2D eigenvalue weighted by molar-refractivity contribution is -0.617. The molecule has 0 saturated heterocycles. The summed E-state index contributed by atoms with van der Waals surface area (Å²) in [5.41, 5.74) is 6.05. The Morgan fingerprint density at radius 2 is 1.56 bits per heavy atom. The number of pyridine rings is 1. The van der Waals surface area contributed by atoms with E-state index in [1.165, 1.54) is 43.9 Å². The summed E-state index contributed by atoms with van der Waals surface area (Å²) in [7, 11) is 3.88. The van der Waals surface area contributed by atoms with Gasteiger partial charge in [-0.1, -0.05) is 30.3 Å². The van der Waals surface area contributed by atoms with E-state index in [2.05, 4.69) is 83.6 Å². The fraction of sp³-hybridized carbons (Fsp3) is 0.136. The van der Waals surface area contributed by atoms with Crippen LogP contribution in [-0.2, 0) is 7.05 Å². The number of ether oxygens (including phenoxy) is 1. The third kappa shape index (κ3) is 1.73. The van der Waals surface area contributed by atoms with Crippen molar-refractivity contribution in [3.8, 4) is 5.75 Å². The summed E-state index contributed by atoms with van der Waals surface area (Å²) in [6.07, 6.45) is 0. The van der Waals surface area contributed by atoms with E-state index in [0.717, 1.165) is 5.75 Å². The Morgan fingerprint density at radius 3 is 2.36 bits per heavy atom. The summed E-state index contributed by atoms with van der Waals surface area (Å²) >= 11 is 0. The summed E-state index contributed by atoms with van der Waals surface area (Å²) in [5.74, 6) is 0.926. The number of hydrogen-bond acceptors (Lipinski definition) is 1. The van der Waals surface area contributed by atoms with Crippen LogP contribution >= 0.6 is 0 Å². The molecule has 25 heavy (non-hydrogen) atoms. The average Bonchev–Trinajstić information content (AvgIpc) is 2.95. The normalized spacial score (nSPS) is 11.8. The van der Waals surface area contributed by atoms with E-state index in [1.54, 1.807) is 7.11 Å². The van der Waals surface area contributed by atoms with Gasteiger partial charge < -0.3 is 4.74 Å². The lowest BCUT2D eigenvalue weighted by Crippen LogP contribution is -2.27. The van der Waals surface area contributed by atoms with Crippen LogP contribution in [-0.4, -0.2) is 11.5 Å². The molecular weight excluding hydrogens is 308 g/mol. The van der Waals surface area contributed by atoms with Crippen molar-refractivity contribution in [2.24, 2.45) is 7.05 Å². The average molecular weight is 327 g/mol. The number of methoxy groups -OCH3 is 1. The molecule has 2 heterocycles. The summed E-state index contributed by atoms with van der Waals surface area (Å²) in [4.78, 5) is 0. The molecular formula is C22H19N2O+. The number of rotatable bonds is 1. The maximum atomic E-state index is 5.61. The van der Waals surface area contributed by atoms with Gasteiger partial charge in [-0.15, -0.1) is 0 Å². The van der Waals surface area contributed by atoms with Crippen LogP contribution in [0.2, 0.25) is 0 Å². The van der Waals surface area contributed by atoms with Gasteiger partial charge in [-0.25, -0.2) is 4.57 Å². The zero-order valence-electron chi connectivity index (χ0n) is 14.6. The Kier molecular flexibility index (Phi) is 2.84. The second-order valence-corrected chi connectivity index (χ2v) is 6.54. The van der Waals surface area contributed by atoms with Crippen molar-refractivity contribution in [1.29, 1.82) is 0 Å². The predicted octanol–water partition coefficient (Wildman–Crippen LogP) is 4.54. The highest BCUT2D eigenvalue weighted by Crippen LogP contribution is 2.36. The Bertz CT molecular complexity index is 1300. The van der Waals surface area contributed by atoms with E-state index in [4.69, 9.17) is 4.74 Å². The Balaban J connectivity index is 2.24. The highest BCUT2D eigenvalue weighted by Gasteiger charge is 2.24. The smallest absolute Gasteiger partial charge is 0.295 e. The number of benzene rings is 3. The molecule has 0 bridgehead atoms. The van der Waals surface area contributed by atoms with Crippen LogP contribution in [0.5, 0.6) is 5.75 Å². The molecule has 0 aliphatic rings. The fourth-order valence-corrected chi connectivity index (χ4v) is 4.16. The van der Waals surface area contributed by atoms with Crippen molar-refractivity contribution in [3.05, 3.63) is 66.2 Å². The summed E-state index contributed by atoms with van der Waals surface area (Å²) in [6, 6.07) is 21.5.